The first-order valence-electron chi connectivity index (χ1n) is 13.3. The Bertz CT molecular complexity index is 868. The molecule has 2 amide bonds. The molecule has 186 valence electrons. The molecular formula is C27H40N4O3. The summed E-state index contributed by atoms with van der Waals surface area (Å²) in [6.45, 7) is 6.95. The van der Waals surface area contributed by atoms with Gasteiger partial charge in [-0.15, -0.1) is 0 Å². The van der Waals surface area contributed by atoms with Crippen molar-refractivity contribution >= 4 is 17.6 Å². The SMILES string of the molecule is CC(C)[C@H](NC(=O)[C@@H](CC(=O)c1cnccn1)C1CCCCC1)C(=O)N1C[C@@H]2CCC[C@@H]2[C@H]1C. The maximum absolute atomic E-state index is 13.7. The topological polar surface area (TPSA) is 92.3 Å². The second kappa shape index (κ2) is 11.0. The molecular weight excluding hydrogens is 428 g/mol. The highest BCUT2D eigenvalue weighted by molar-refractivity contribution is 5.97. The molecule has 7 heteroatoms. The number of likely N-dealkylation sites (tertiary alicyclic amines) is 1. The van der Waals surface area contributed by atoms with Crippen molar-refractivity contribution in [1.82, 2.24) is 20.2 Å². The molecule has 1 saturated heterocycles. The third-order valence-corrected chi connectivity index (χ3v) is 8.58. The first-order chi connectivity index (χ1) is 16.4. The van der Waals surface area contributed by atoms with Gasteiger partial charge in [-0.3, -0.25) is 19.4 Å². The van der Waals surface area contributed by atoms with Crippen LogP contribution in [-0.4, -0.2) is 51.1 Å². The number of Topliss-reactive ketones (excluding diaryl/α,β-unsaturated/α-hetero) is 1. The zero-order valence-electron chi connectivity index (χ0n) is 20.9. The largest absolute Gasteiger partial charge is 0.344 e. The Balaban J connectivity index is 1.48. The van der Waals surface area contributed by atoms with E-state index in [9.17, 15) is 14.4 Å². The number of rotatable bonds is 8. The van der Waals surface area contributed by atoms with Crippen LogP contribution in [0, 0.1) is 29.6 Å². The molecule has 2 heterocycles. The van der Waals surface area contributed by atoms with Crippen molar-refractivity contribution in [2.45, 2.75) is 90.6 Å². The zero-order valence-corrected chi connectivity index (χ0v) is 20.9. The fourth-order valence-corrected chi connectivity index (χ4v) is 6.58. The third kappa shape index (κ3) is 5.33. The molecule has 0 radical (unpaired) electrons. The number of nitrogens with zero attached hydrogens (tertiary/aromatic N) is 3. The summed E-state index contributed by atoms with van der Waals surface area (Å²) in [6, 6.07) is -0.336. The summed E-state index contributed by atoms with van der Waals surface area (Å²) in [5, 5.41) is 3.12. The van der Waals surface area contributed by atoms with E-state index >= 15 is 0 Å². The van der Waals surface area contributed by atoms with Gasteiger partial charge in [-0.1, -0.05) is 39.5 Å². The van der Waals surface area contributed by atoms with Crippen LogP contribution in [0.25, 0.3) is 0 Å². The van der Waals surface area contributed by atoms with Gasteiger partial charge in [-0.2, -0.15) is 0 Å². The maximum atomic E-state index is 13.7. The van der Waals surface area contributed by atoms with E-state index in [4.69, 9.17) is 0 Å². The number of fused-ring (bicyclic) bond motifs is 1. The summed E-state index contributed by atoms with van der Waals surface area (Å²) in [5.74, 6) is 0.589. The van der Waals surface area contributed by atoms with E-state index in [0.29, 0.717) is 17.5 Å². The smallest absolute Gasteiger partial charge is 0.245 e. The zero-order chi connectivity index (χ0) is 24.2. The van der Waals surface area contributed by atoms with E-state index < -0.39 is 12.0 Å². The molecule has 1 N–H and O–H groups in total. The lowest BCUT2D eigenvalue weighted by Gasteiger charge is -2.34. The van der Waals surface area contributed by atoms with Gasteiger partial charge in [0.2, 0.25) is 11.8 Å². The molecule has 1 aromatic rings. The maximum Gasteiger partial charge on any atom is 0.245 e. The molecule has 3 fully saturated rings. The van der Waals surface area contributed by atoms with Crippen LogP contribution >= 0.6 is 0 Å². The Morgan fingerprint density at radius 3 is 2.47 bits per heavy atom. The van der Waals surface area contributed by atoms with Crippen molar-refractivity contribution in [1.29, 1.82) is 0 Å². The predicted molar refractivity (Wildman–Crippen MR) is 130 cm³/mol. The van der Waals surface area contributed by atoms with Gasteiger partial charge in [0, 0.05) is 37.3 Å². The van der Waals surface area contributed by atoms with E-state index in [0.717, 1.165) is 32.2 Å². The highest BCUT2D eigenvalue weighted by Gasteiger charge is 2.46. The highest BCUT2D eigenvalue weighted by atomic mass is 16.2. The van der Waals surface area contributed by atoms with Crippen molar-refractivity contribution < 1.29 is 14.4 Å². The Labute approximate surface area is 203 Å². The van der Waals surface area contributed by atoms with Gasteiger partial charge in [-0.25, -0.2) is 4.98 Å². The normalized spacial score (nSPS) is 26.8. The molecule has 0 unspecified atom stereocenters. The van der Waals surface area contributed by atoms with E-state index in [1.807, 2.05) is 18.7 Å². The molecule has 3 aliphatic rings. The van der Waals surface area contributed by atoms with Crippen molar-refractivity contribution in [3.8, 4) is 0 Å². The van der Waals surface area contributed by atoms with Crippen LogP contribution in [0.15, 0.2) is 18.6 Å². The van der Waals surface area contributed by atoms with Gasteiger partial charge in [-0.05, 0) is 56.3 Å². The number of nitrogens with one attached hydrogen (secondary N) is 1. The van der Waals surface area contributed by atoms with Gasteiger partial charge >= 0.3 is 0 Å². The molecule has 0 aromatic carbocycles. The van der Waals surface area contributed by atoms with Gasteiger partial charge in [0.05, 0.1) is 6.20 Å². The quantitative estimate of drug-likeness (QED) is 0.582. The number of carbonyl (C=O) groups is 3. The predicted octanol–water partition coefficient (Wildman–Crippen LogP) is 4.03. The fraction of sp³-hybridized carbons (Fsp3) is 0.741. The van der Waals surface area contributed by atoms with Crippen molar-refractivity contribution in [2.24, 2.45) is 29.6 Å². The summed E-state index contributed by atoms with van der Waals surface area (Å²) in [6.07, 6.45) is 13.5. The summed E-state index contributed by atoms with van der Waals surface area (Å²) in [4.78, 5) is 50.4. The van der Waals surface area contributed by atoms with Crippen LogP contribution in [0.3, 0.4) is 0 Å². The molecule has 0 bridgehead atoms. The summed E-state index contributed by atoms with van der Waals surface area (Å²) >= 11 is 0. The van der Waals surface area contributed by atoms with Crippen LogP contribution in [0.4, 0.5) is 0 Å². The van der Waals surface area contributed by atoms with Crippen molar-refractivity contribution in [2.75, 3.05) is 6.54 Å². The average Bonchev–Trinajstić information content (AvgIpc) is 3.44. The summed E-state index contributed by atoms with van der Waals surface area (Å²) < 4.78 is 0. The Hall–Kier alpha value is -2.31. The average molecular weight is 469 g/mol. The Morgan fingerprint density at radius 1 is 1.06 bits per heavy atom. The van der Waals surface area contributed by atoms with E-state index in [1.165, 1.54) is 44.3 Å². The van der Waals surface area contributed by atoms with Gasteiger partial charge in [0.25, 0.3) is 0 Å². The third-order valence-electron chi connectivity index (χ3n) is 8.58. The summed E-state index contributed by atoms with van der Waals surface area (Å²) in [5.41, 5.74) is 0.296. The molecule has 2 aliphatic carbocycles. The molecule has 2 saturated carbocycles. The minimum atomic E-state index is -0.563. The number of hydrogen-bond acceptors (Lipinski definition) is 5. The number of amides is 2. The van der Waals surface area contributed by atoms with Crippen LogP contribution in [0.5, 0.6) is 0 Å². The van der Waals surface area contributed by atoms with Crippen molar-refractivity contribution in [3.05, 3.63) is 24.3 Å². The van der Waals surface area contributed by atoms with Crippen LogP contribution in [-0.2, 0) is 9.59 Å². The number of hydrogen-bond donors (Lipinski definition) is 1. The van der Waals surface area contributed by atoms with Gasteiger partial charge < -0.3 is 10.2 Å². The number of carbonyl (C=O) groups excluding carboxylic acids is 3. The van der Waals surface area contributed by atoms with Gasteiger partial charge in [0.1, 0.15) is 11.7 Å². The molecule has 0 spiro atoms. The molecule has 7 nitrogen and oxygen atoms in total. The second-order valence-corrected chi connectivity index (χ2v) is 11.0. The van der Waals surface area contributed by atoms with E-state index in [2.05, 4.69) is 22.2 Å². The Morgan fingerprint density at radius 2 is 1.82 bits per heavy atom. The first kappa shape index (κ1) is 24.8. The minimum Gasteiger partial charge on any atom is -0.344 e. The number of aromatic nitrogens is 2. The fourth-order valence-electron chi connectivity index (χ4n) is 6.58. The lowest BCUT2D eigenvalue weighted by atomic mass is 9.77. The molecule has 1 aromatic heterocycles. The lowest BCUT2D eigenvalue weighted by molar-refractivity contribution is -0.140. The molecule has 1 aliphatic heterocycles. The van der Waals surface area contributed by atoms with Crippen LogP contribution in [0.1, 0.15) is 89.0 Å². The Kier molecular flexibility index (Phi) is 7.99. The monoisotopic (exact) mass is 468 g/mol. The standard InChI is InChI=1S/C27H40N4O3/c1-17(2)25(27(34)31-16-20-10-7-11-21(20)18(31)3)30-26(33)22(19-8-5-4-6-9-19)14-24(32)23-15-28-12-13-29-23/h12-13,15,17-22,25H,4-11,14,16H2,1-3H3,(H,30,33)/t18-,20+,21-,22+,25+/m1/s1. The van der Waals surface area contributed by atoms with E-state index in [1.54, 1.807) is 0 Å². The van der Waals surface area contributed by atoms with Gasteiger partial charge in [0.15, 0.2) is 5.78 Å². The van der Waals surface area contributed by atoms with Crippen LogP contribution in [0.2, 0.25) is 0 Å². The molecule has 34 heavy (non-hydrogen) atoms. The second-order valence-electron chi connectivity index (χ2n) is 11.0. The van der Waals surface area contributed by atoms with Crippen LogP contribution < -0.4 is 5.32 Å². The number of ketones is 1. The van der Waals surface area contributed by atoms with Crippen molar-refractivity contribution in [3.63, 3.8) is 0 Å². The first-order valence-corrected chi connectivity index (χ1v) is 13.3. The molecule has 5 atom stereocenters. The lowest BCUT2D eigenvalue weighted by Crippen LogP contribution is -2.54. The minimum absolute atomic E-state index is 0.0215. The van der Waals surface area contributed by atoms with E-state index in [-0.39, 0.29) is 41.9 Å². The highest BCUT2D eigenvalue weighted by Crippen LogP contribution is 2.42. The summed E-state index contributed by atoms with van der Waals surface area (Å²) in [7, 11) is 0. The molecule has 4 rings (SSSR count).